The van der Waals surface area contributed by atoms with Crippen LogP contribution in [0.4, 0.5) is 5.82 Å². The van der Waals surface area contributed by atoms with Gasteiger partial charge in [0.2, 0.25) is 0 Å². The zero-order chi connectivity index (χ0) is 12.3. The fourth-order valence-corrected chi connectivity index (χ4v) is 3.24. The molecule has 1 N–H and O–H groups in total. The van der Waals surface area contributed by atoms with Crippen LogP contribution in [0.2, 0.25) is 5.02 Å². The van der Waals surface area contributed by atoms with Crippen molar-refractivity contribution in [2.45, 2.75) is 45.1 Å². The van der Waals surface area contributed by atoms with Crippen molar-refractivity contribution >= 4 is 33.3 Å². The standard InChI is InChI=1S/C13H18BrClN2/c1-9(10-5-3-2-4-6-10)17-13-12(14)7-11(15)8-16-13/h7-10H,2-6H2,1H3,(H,16,17). The number of hydrogen-bond donors (Lipinski definition) is 1. The minimum Gasteiger partial charge on any atom is -0.366 e. The van der Waals surface area contributed by atoms with Gasteiger partial charge in [-0.05, 0) is 47.7 Å². The Balaban J connectivity index is 1.99. The molecular formula is C13H18BrClN2. The van der Waals surface area contributed by atoms with Crippen LogP contribution in [0.5, 0.6) is 0 Å². The number of halogens is 2. The summed E-state index contributed by atoms with van der Waals surface area (Å²) in [6, 6.07) is 2.35. The van der Waals surface area contributed by atoms with Crippen molar-refractivity contribution in [1.29, 1.82) is 0 Å². The van der Waals surface area contributed by atoms with Gasteiger partial charge in [-0.1, -0.05) is 30.9 Å². The summed E-state index contributed by atoms with van der Waals surface area (Å²) in [4.78, 5) is 4.32. The van der Waals surface area contributed by atoms with Crippen LogP contribution in [-0.2, 0) is 0 Å². The molecule has 1 aromatic rings. The van der Waals surface area contributed by atoms with Gasteiger partial charge in [-0.2, -0.15) is 0 Å². The smallest absolute Gasteiger partial charge is 0.140 e. The zero-order valence-electron chi connectivity index (χ0n) is 10.0. The number of pyridine rings is 1. The number of aromatic nitrogens is 1. The summed E-state index contributed by atoms with van der Waals surface area (Å²) >= 11 is 9.37. The van der Waals surface area contributed by atoms with E-state index in [2.05, 4.69) is 33.2 Å². The number of rotatable bonds is 3. The van der Waals surface area contributed by atoms with Gasteiger partial charge in [0.05, 0.1) is 9.50 Å². The molecule has 1 aliphatic rings. The van der Waals surface area contributed by atoms with Crippen molar-refractivity contribution in [3.63, 3.8) is 0 Å². The van der Waals surface area contributed by atoms with Gasteiger partial charge in [-0.3, -0.25) is 0 Å². The maximum atomic E-state index is 5.88. The van der Waals surface area contributed by atoms with E-state index in [0.29, 0.717) is 11.1 Å². The van der Waals surface area contributed by atoms with Crippen molar-refractivity contribution in [2.24, 2.45) is 5.92 Å². The molecule has 1 unspecified atom stereocenters. The average molecular weight is 318 g/mol. The Morgan fingerprint density at radius 3 is 2.76 bits per heavy atom. The highest BCUT2D eigenvalue weighted by molar-refractivity contribution is 9.10. The summed E-state index contributed by atoms with van der Waals surface area (Å²) in [5.41, 5.74) is 0. The topological polar surface area (TPSA) is 24.9 Å². The SMILES string of the molecule is CC(Nc1ncc(Cl)cc1Br)C1CCCCC1. The van der Waals surface area contributed by atoms with Crippen LogP contribution in [0.25, 0.3) is 0 Å². The lowest BCUT2D eigenvalue weighted by Crippen LogP contribution is -2.28. The lowest BCUT2D eigenvalue weighted by Gasteiger charge is -2.28. The highest BCUT2D eigenvalue weighted by Crippen LogP contribution is 2.30. The Morgan fingerprint density at radius 2 is 2.12 bits per heavy atom. The molecule has 17 heavy (non-hydrogen) atoms. The van der Waals surface area contributed by atoms with E-state index >= 15 is 0 Å². The fraction of sp³-hybridized carbons (Fsp3) is 0.615. The molecule has 1 aliphatic carbocycles. The highest BCUT2D eigenvalue weighted by atomic mass is 79.9. The summed E-state index contributed by atoms with van der Waals surface area (Å²) < 4.78 is 0.938. The normalized spacial score (nSPS) is 19.0. The van der Waals surface area contributed by atoms with E-state index in [0.717, 1.165) is 16.2 Å². The summed E-state index contributed by atoms with van der Waals surface area (Å²) in [5.74, 6) is 1.67. The molecule has 1 saturated carbocycles. The van der Waals surface area contributed by atoms with Crippen LogP contribution in [0.1, 0.15) is 39.0 Å². The molecule has 2 rings (SSSR count). The second-order valence-electron chi connectivity index (χ2n) is 4.82. The van der Waals surface area contributed by atoms with E-state index in [1.807, 2.05) is 6.07 Å². The van der Waals surface area contributed by atoms with Crippen LogP contribution in [-0.4, -0.2) is 11.0 Å². The molecule has 2 nitrogen and oxygen atoms in total. The first kappa shape index (κ1) is 13.2. The monoisotopic (exact) mass is 316 g/mol. The predicted molar refractivity (Wildman–Crippen MR) is 76.6 cm³/mol. The maximum Gasteiger partial charge on any atom is 0.140 e. The summed E-state index contributed by atoms with van der Waals surface area (Å²) in [6.45, 7) is 2.25. The van der Waals surface area contributed by atoms with Crippen molar-refractivity contribution in [3.05, 3.63) is 21.8 Å². The minimum atomic E-state index is 0.472. The minimum absolute atomic E-state index is 0.472. The Morgan fingerprint density at radius 1 is 1.41 bits per heavy atom. The van der Waals surface area contributed by atoms with Crippen LogP contribution in [0.3, 0.4) is 0 Å². The van der Waals surface area contributed by atoms with Crippen LogP contribution in [0.15, 0.2) is 16.7 Å². The molecule has 0 aromatic carbocycles. The molecular weight excluding hydrogens is 300 g/mol. The van der Waals surface area contributed by atoms with E-state index in [-0.39, 0.29) is 0 Å². The molecule has 0 spiro atoms. The van der Waals surface area contributed by atoms with Gasteiger partial charge in [0, 0.05) is 12.2 Å². The van der Waals surface area contributed by atoms with Crippen molar-refractivity contribution in [1.82, 2.24) is 4.98 Å². The Labute approximate surface area is 116 Å². The number of anilines is 1. The van der Waals surface area contributed by atoms with Crippen molar-refractivity contribution in [3.8, 4) is 0 Å². The maximum absolute atomic E-state index is 5.88. The van der Waals surface area contributed by atoms with Gasteiger partial charge >= 0.3 is 0 Å². The largest absolute Gasteiger partial charge is 0.366 e. The van der Waals surface area contributed by atoms with Gasteiger partial charge < -0.3 is 5.32 Å². The van der Waals surface area contributed by atoms with E-state index in [4.69, 9.17) is 11.6 Å². The number of nitrogens with one attached hydrogen (secondary N) is 1. The Kier molecular flexibility index (Phi) is 4.69. The van der Waals surface area contributed by atoms with Crippen LogP contribution in [0, 0.1) is 5.92 Å². The molecule has 94 valence electrons. The number of nitrogens with zero attached hydrogens (tertiary/aromatic N) is 1. The summed E-state index contributed by atoms with van der Waals surface area (Å²) in [7, 11) is 0. The number of hydrogen-bond acceptors (Lipinski definition) is 2. The first-order valence-corrected chi connectivity index (χ1v) is 7.41. The van der Waals surface area contributed by atoms with Gasteiger partial charge in [0.25, 0.3) is 0 Å². The second kappa shape index (κ2) is 6.05. The van der Waals surface area contributed by atoms with Crippen LogP contribution >= 0.6 is 27.5 Å². The third-order valence-corrected chi connectivity index (χ3v) is 4.34. The molecule has 4 heteroatoms. The average Bonchev–Trinajstić information content (AvgIpc) is 2.34. The Bertz CT molecular complexity index is 378. The molecule has 1 fully saturated rings. The summed E-state index contributed by atoms with van der Waals surface area (Å²) in [5, 5.41) is 4.15. The van der Waals surface area contributed by atoms with E-state index in [1.165, 1.54) is 32.1 Å². The molecule has 1 atom stereocenters. The van der Waals surface area contributed by atoms with Crippen molar-refractivity contribution in [2.75, 3.05) is 5.32 Å². The zero-order valence-corrected chi connectivity index (χ0v) is 12.4. The molecule has 0 aliphatic heterocycles. The van der Waals surface area contributed by atoms with E-state index < -0.39 is 0 Å². The van der Waals surface area contributed by atoms with E-state index in [9.17, 15) is 0 Å². The lowest BCUT2D eigenvalue weighted by atomic mass is 9.84. The fourth-order valence-electron chi connectivity index (χ4n) is 2.49. The second-order valence-corrected chi connectivity index (χ2v) is 6.11. The first-order chi connectivity index (χ1) is 8.16. The highest BCUT2D eigenvalue weighted by Gasteiger charge is 2.20. The molecule has 1 aromatic heterocycles. The molecule has 0 radical (unpaired) electrons. The predicted octanol–water partition coefficient (Wildman–Crippen LogP) is 4.88. The molecule has 0 saturated heterocycles. The summed E-state index contributed by atoms with van der Waals surface area (Å²) in [6.07, 6.45) is 8.48. The third kappa shape index (κ3) is 3.59. The lowest BCUT2D eigenvalue weighted by molar-refractivity contribution is 0.328. The third-order valence-electron chi connectivity index (χ3n) is 3.53. The molecule has 0 amide bonds. The molecule has 1 heterocycles. The van der Waals surface area contributed by atoms with Gasteiger partial charge in [-0.25, -0.2) is 4.98 Å². The Hall–Kier alpha value is -0.280. The first-order valence-electron chi connectivity index (χ1n) is 6.24. The van der Waals surface area contributed by atoms with Gasteiger partial charge in [0.15, 0.2) is 0 Å². The van der Waals surface area contributed by atoms with E-state index in [1.54, 1.807) is 6.20 Å². The van der Waals surface area contributed by atoms with Gasteiger partial charge in [0.1, 0.15) is 5.82 Å². The van der Waals surface area contributed by atoms with Crippen LogP contribution < -0.4 is 5.32 Å². The van der Waals surface area contributed by atoms with Crippen molar-refractivity contribution < 1.29 is 0 Å². The van der Waals surface area contributed by atoms with Gasteiger partial charge in [-0.15, -0.1) is 0 Å². The molecule has 0 bridgehead atoms. The quantitative estimate of drug-likeness (QED) is 0.859.